The molecule has 62 valence electrons. The first kappa shape index (κ1) is 7.28. The minimum Gasteiger partial charge on any atom is -0.284 e. The predicted octanol–water partition coefficient (Wildman–Crippen LogP) is 1.60. The molecule has 2 heterocycles. The van der Waals surface area contributed by atoms with Gasteiger partial charge >= 0.3 is 0 Å². The van der Waals surface area contributed by atoms with E-state index in [9.17, 15) is 0 Å². The number of hydrogen-bond donors (Lipinski definition) is 0. The average molecular weight is 161 g/mol. The predicted molar refractivity (Wildman–Crippen MR) is 47.1 cm³/mol. The van der Waals surface area contributed by atoms with Crippen molar-refractivity contribution in [2.24, 2.45) is 0 Å². The molecule has 0 amide bonds. The van der Waals surface area contributed by atoms with Crippen molar-refractivity contribution in [3.8, 4) is 0 Å². The molecule has 0 saturated carbocycles. The van der Waals surface area contributed by atoms with Gasteiger partial charge in [-0.3, -0.25) is 4.40 Å². The molecule has 0 atom stereocenters. The molecule has 12 heavy (non-hydrogen) atoms. The Bertz CT molecular complexity index is 403. The molecule has 2 rings (SSSR count). The summed E-state index contributed by atoms with van der Waals surface area (Å²) in [6.07, 6.45) is 0.923. The Balaban J connectivity index is 2.83. The number of aryl methyl sites for hydroxylation is 2. The van der Waals surface area contributed by atoms with Crippen LogP contribution < -0.4 is 0 Å². The summed E-state index contributed by atoms with van der Waals surface area (Å²) >= 11 is 0. The molecule has 0 aliphatic rings. The summed E-state index contributed by atoms with van der Waals surface area (Å²) in [5, 5.41) is 8.15. The normalized spacial score (nSPS) is 10.8. The van der Waals surface area contributed by atoms with Gasteiger partial charge in [-0.1, -0.05) is 13.0 Å². The zero-order valence-corrected chi connectivity index (χ0v) is 7.28. The first-order valence-electron chi connectivity index (χ1n) is 4.12. The van der Waals surface area contributed by atoms with Gasteiger partial charge < -0.3 is 0 Å². The van der Waals surface area contributed by atoms with Crippen LogP contribution in [0.3, 0.4) is 0 Å². The van der Waals surface area contributed by atoms with E-state index in [1.54, 1.807) is 0 Å². The molecule has 0 aromatic carbocycles. The fraction of sp³-hybridized carbons (Fsp3) is 0.333. The van der Waals surface area contributed by atoms with E-state index in [4.69, 9.17) is 0 Å². The zero-order chi connectivity index (χ0) is 8.55. The molecule has 0 aliphatic carbocycles. The Morgan fingerprint density at radius 3 is 2.92 bits per heavy atom. The molecule has 0 radical (unpaired) electrons. The maximum atomic E-state index is 4.09. The molecule has 0 bridgehead atoms. The number of nitrogens with zero attached hydrogens (tertiary/aromatic N) is 3. The van der Waals surface area contributed by atoms with Gasteiger partial charge in [0.15, 0.2) is 5.65 Å². The van der Waals surface area contributed by atoms with E-state index < -0.39 is 0 Å². The van der Waals surface area contributed by atoms with E-state index in [0.717, 1.165) is 17.9 Å². The van der Waals surface area contributed by atoms with Crippen LogP contribution in [0, 0.1) is 6.92 Å². The van der Waals surface area contributed by atoms with Crippen molar-refractivity contribution in [1.82, 2.24) is 14.6 Å². The Labute approximate surface area is 71.1 Å². The number of rotatable bonds is 1. The minimum atomic E-state index is 0.923. The average Bonchev–Trinajstić information content (AvgIpc) is 2.49. The topological polar surface area (TPSA) is 30.2 Å². The molecule has 0 spiro atoms. The van der Waals surface area contributed by atoms with Crippen LogP contribution in [0.1, 0.15) is 18.4 Å². The molecule has 2 aromatic rings. The highest BCUT2D eigenvalue weighted by Gasteiger charge is 2.03. The molecule has 0 fully saturated rings. The van der Waals surface area contributed by atoms with Gasteiger partial charge in [0.1, 0.15) is 5.82 Å². The highest BCUT2D eigenvalue weighted by atomic mass is 15.2. The molecule has 0 unspecified atom stereocenters. The van der Waals surface area contributed by atoms with Crippen LogP contribution in [0.25, 0.3) is 5.65 Å². The number of hydrogen-bond acceptors (Lipinski definition) is 2. The minimum absolute atomic E-state index is 0.923. The van der Waals surface area contributed by atoms with Gasteiger partial charge in [0.05, 0.1) is 0 Å². The van der Waals surface area contributed by atoms with Crippen LogP contribution in [0.5, 0.6) is 0 Å². The number of fused-ring (bicyclic) bond motifs is 1. The fourth-order valence-electron chi connectivity index (χ4n) is 1.40. The summed E-state index contributed by atoms with van der Waals surface area (Å²) in [6.45, 7) is 4.15. The van der Waals surface area contributed by atoms with E-state index in [1.165, 1.54) is 5.69 Å². The standard InChI is InChI=1S/C9H11N3/c1-3-8-10-11-9-6-4-5-7(2)12(8)9/h4-6H,3H2,1-2H3. The van der Waals surface area contributed by atoms with Crippen molar-refractivity contribution >= 4 is 5.65 Å². The summed E-state index contributed by atoms with van der Waals surface area (Å²) in [5.41, 5.74) is 2.13. The smallest absolute Gasteiger partial charge is 0.160 e. The van der Waals surface area contributed by atoms with E-state index in [0.29, 0.717) is 0 Å². The van der Waals surface area contributed by atoms with Gasteiger partial charge in [-0.25, -0.2) is 0 Å². The second-order valence-corrected chi connectivity index (χ2v) is 2.83. The second kappa shape index (κ2) is 2.59. The first-order valence-corrected chi connectivity index (χ1v) is 4.12. The fourth-order valence-corrected chi connectivity index (χ4v) is 1.40. The molecule has 0 aliphatic heterocycles. The molecule has 0 saturated heterocycles. The van der Waals surface area contributed by atoms with Crippen molar-refractivity contribution in [3.63, 3.8) is 0 Å². The van der Waals surface area contributed by atoms with E-state index in [1.807, 2.05) is 12.1 Å². The van der Waals surface area contributed by atoms with Gasteiger partial charge in [-0.2, -0.15) is 0 Å². The summed E-state index contributed by atoms with van der Waals surface area (Å²) in [5.74, 6) is 1.03. The first-order chi connectivity index (χ1) is 5.83. The summed E-state index contributed by atoms with van der Waals surface area (Å²) in [4.78, 5) is 0. The molecular formula is C9H11N3. The third kappa shape index (κ3) is 0.897. The quantitative estimate of drug-likeness (QED) is 0.636. The molecule has 2 aromatic heterocycles. The van der Waals surface area contributed by atoms with Gasteiger partial charge in [-0.05, 0) is 19.1 Å². The number of aromatic nitrogens is 3. The highest BCUT2D eigenvalue weighted by molar-refractivity contribution is 5.39. The lowest BCUT2D eigenvalue weighted by Gasteiger charge is -1.99. The van der Waals surface area contributed by atoms with Crippen LogP contribution in [0.15, 0.2) is 18.2 Å². The summed E-state index contributed by atoms with van der Waals surface area (Å²) in [7, 11) is 0. The Morgan fingerprint density at radius 2 is 2.17 bits per heavy atom. The number of pyridine rings is 1. The van der Waals surface area contributed by atoms with E-state index in [-0.39, 0.29) is 0 Å². The SMILES string of the molecule is CCc1nnc2cccc(C)n12. The highest BCUT2D eigenvalue weighted by Crippen LogP contribution is 2.07. The van der Waals surface area contributed by atoms with Crippen molar-refractivity contribution in [3.05, 3.63) is 29.7 Å². The third-order valence-electron chi connectivity index (χ3n) is 2.01. The summed E-state index contributed by atoms with van der Waals surface area (Å²) < 4.78 is 2.08. The van der Waals surface area contributed by atoms with Crippen LogP contribution in [-0.2, 0) is 6.42 Å². The Hall–Kier alpha value is -1.38. The zero-order valence-electron chi connectivity index (χ0n) is 7.28. The van der Waals surface area contributed by atoms with Gasteiger partial charge in [0, 0.05) is 12.1 Å². The van der Waals surface area contributed by atoms with Crippen molar-refractivity contribution in [1.29, 1.82) is 0 Å². The lowest BCUT2D eigenvalue weighted by Crippen LogP contribution is -1.95. The maximum absolute atomic E-state index is 4.09. The van der Waals surface area contributed by atoms with Crippen LogP contribution in [-0.4, -0.2) is 14.6 Å². The van der Waals surface area contributed by atoms with Crippen molar-refractivity contribution in [2.75, 3.05) is 0 Å². The lowest BCUT2D eigenvalue weighted by molar-refractivity contribution is 0.892. The molecule has 0 N–H and O–H groups in total. The van der Waals surface area contributed by atoms with Gasteiger partial charge in [0.2, 0.25) is 0 Å². The Morgan fingerprint density at radius 1 is 1.33 bits per heavy atom. The van der Waals surface area contributed by atoms with Gasteiger partial charge in [-0.15, -0.1) is 10.2 Å². The van der Waals surface area contributed by atoms with Gasteiger partial charge in [0.25, 0.3) is 0 Å². The van der Waals surface area contributed by atoms with Crippen molar-refractivity contribution in [2.45, 2.75) is 20.3 Å². The van der Waals surface area contributed by atoms with Crippen LogP contribution in [0.4, 0.5) is 0 Å². The van der Waals surface area contributed by atoms with Crippen LogP contribution >= 0.6 is 0 Å². The lowest BCUT2D eigenvalue weighted by atomic mass is 10.3. The summed E-state index contributed by atoms with van der Waals surface area (Å²) in [6, 6.07) is 6.04. The molecule has 3 heteroatoms. The van der Waals surface area contributed by atoms with Crippen molar-refractivity contribution < 1.29 is 0 Å². The molecule has 3 nitrogen and oxygen atoms in total. The largest absolute Gasteiger partial charge is 0.284 e. The second-order valence-electron chi connectivity index (χ2n) is 2.83. The van der Waals surface area contributed by atoms with E-state index >= 15 is 0 Å². The monoisotopic (exact) mass is 161 g/mol. The Kier molecular flexibility index (Phi) is 1.57. The molecular weight excluding hydrogens is 150 g/mol. The van der Waals surface area contributed by atoms with Crippen LogP contribution in [0.2, 0.25) is 0 Å². The van der Waals surface area contributed by atoms with E-state index in [2.05, 4.69) is 34.5 Å². The third-order valence-corrected chi connectivity index (χ3v) is 2.01. The maximum Gasteiger partial charge on any atom is 0.160 e.